The molecule has 1 aliphatic rings. The number of fused-ring (bicyclic) bond motifs is 1. The lowest BCUT2D eigenvalue weighted by atomic mass is 10.2. The van der Waals surface area contributed by atoms with Gasteiger partial charge in [0, 0.05) is 6.54 Å². The molecule has 0 fully saturated rings. The molecule has 0 spiro atoms. The predicted molar refractivity (Wildman–Crippen MR) is 93.6 cm³/mol. The summed E-state index contributed by atoms with van der Waals surface area (Å²) in [6.07, 6.45) is 1.69. The van der Waals surface area contributed by atoms with E-state index < -0.39 is 6.10 Å². The van der Waals surface area contributed by atoms with E-state index in [4.69, 9.17) is 0 Å². The normalized spacial score (nSPS) is 14.9. The maximum atomic E-state index is 12.8. The van der Waals surface area contributed by atoms with Gasteiger partial charge < -0.3 is 10.0 Å². The topological polar surface area (TPSA) is 89.1 Å². The number of benzene rings is 1. The summed E-state index contributed by atoms with van der Waals surface area (Å²) in [6, 6.07) is 11.4. The van der Waals surface area contributed by atoms with Crippen molar-refractivity contribution in [1.29, 1.82) is 0 Å². The van der Waals surface area contributed by atoms with Gasteiger partial charge in [0.25, 0.3) is 5.91 Å². The molecule has 2 aromatic heterocycles. The maximum Gasteiger partial charge on any atom is 0.276 e. The van der Waals surface area contributed by atoms with Crippen LogP contribution in [0.5, 0.6) is 0 Å². The molecule has 0 saturated carbocycles. The molecule has 0 bridgehead atoms. The minimum absolute atomic E-state index is 0.155. The van der Waals surface area contributed by atoms with Crippen LogP contribution in [0.25, 0.3) is 5.69 Å². The standard InChI is InChI=1S/C18H20N6O2/c1-2-17(25)15-10-14-11-22(8-9-23(14)20-15)18(26)16-12-24(21-19-16)13-6-4-3-5-7-13/h3-7,10,12,17,25H,2,8-9,11H2,1H3/t17-/m1/s1. The Morgan fingerprint density at radius 1 is 1.27 bits per heavy atom. The number of carbonyl (C=O) groups excluding carboxylic acids is 1. The zero-order chi connectivity index (χ0) is 18.1. The Balaban J connectivity index is 1.51. The van der Waals surface area contributed by atoms with Crippen LogP contribution in [0.15, 0.2) is 42.6 Å². The van der Waals surface area contributed by atoms with Crippen LogP contribution in [-0.4, -0.2) is 47.2 Å². The Kier molecular flexibility index (Phi) is 4.26. The molecule has 1 aromatic carbocycles. The SMILES string of the molecule is CC[C@@H](O)c1cc2n(n1)CCN(C(=O)c1cn(-c3ccccc3)nn1)C2. The fourth-order valence-electron chi connectivity index (χ4n) is 3.06. The minimum atomic E-state index is -0.567. The lowest BCUT2D eigenvalue weighted by molar-refractivity contribution is 0.0699. The van der Waals surface area contributed by atoms with Crippen molar-refractivity contribution < 1.29 is 9.90 Å². The zero-order valence-corrected chi connectivity index (χ0v) is 14.5. The summed E-state index contributed by atoms with van der Waals surface area (Å²) in [5, 5.41) is 22.5. The first-order valence-corrected chi connectivity index (χ1v) is 8.67. The van der Waals surface area contributed by atoms with E-state index in [1.54, 1.807) is 15.8 Å². The molecule has 0 aliphatic carbocycles. The van der Waals surface area contributed by atoms with Crippen LogP contribution in [0.2, 0.25) is 0 Å². The molecule has 4 rings (SSSR count). The smallest absolute Gasteiger partial charge is 0.276 e. The van der Waals surface area contributed by atoms with E-state index in [2.05, 4.69) is 15.4 Å². The van der Waals surface area contributed by atoms with Crippen LogP contribution in [0.1, 0.15) is 41.3 Å². The van der Waals surface area contributed by atoms with Gasteiger partial charge in [-0.25, -0.2) is 4.68 Å². The Hall–Kier alpha value is -3.00. The first kappa shape index (κ1) is 16.5. The molecule has 0 saturated heterocycles. The van der Waals surface area contributed by atoms with Gasteiger partial charge >= 0.3 is 0 Å². The van der Waals surface area contributed by atoms with Crippen molar-refractivity contribution in [2.24, 2.45) is 0 Å². The van der Waals surface area contributed by atoms with Gasteiger partial charge in [0.05, 0.1) is 42.5 Å². The van der Waals surface area contributed by atoms with E-state index in [-0.39, 0.29) is 5.91 Å². The van der Waals surface area contributed by atoms with Crippen LogP contribution in [0.4, 0.5) is 0 Å². The van der Waals surface area contributed by atoms with Crippen molar-refractivity contribution in [2.45, 2.75) is 32.5 Å². The fourth-order valence-corrected chi connectivity index (χ4v) is 3.06. The second-order valence-electron chi connectivity index (χ2n) is 6.32. The fraction of sp³-hybridized carbons (Fsp3) is 0.333. The van der Waals surface area contributed by atoms with Gasteiger partial charge in [-0.3, -0.25) is 9.48 Å². The van der Waals surface area contributed by atoms with Crippen molar-refractivity contribution in [1.82, 2.24) is 29.7 Å². The monoisotopic (exact) mass is 352 g/mol. The molecule has 8 nitrogen and oxygen atoms in total. The predicted octanol–water partition coefficient (Wildman–Crippen LogP) is 1.56. The second kappa shape index (κ2) is 6.72. The number of hydrogen-bond acceptors (Lipinski definition) is 5. The molecule has 1 amide bonds. The zero-order valence-electron chi connectivity index (χ0n) is 14.5. The largest absolute Gasteiger partial charge is 0.387 e. The highest BCUT2D eigenvalue weighted by molar-refractivity contribution is 5.92. The summed E-state index contributed by atoms with van der Waals surface area (Å²) in [4.78, 5) is 14.5. The van der Waals surface area contributed by atoms with Gasteiger partial charge in [-0.1, -0.05) is 30.3 Å². The molecule has 0 unspecified atom stereocenters. The highest BCUT2D eigenvalue weighted by Crippen LogP contribution is 2.21. The Morgan fingerprint density at radius 2 is 2.08 bits per heavy atom. The lowest BCUT2D eigenvalue weighted by Crippen LogP contribution is -2.38. The highest BCUT2D eigenvalue weighted by Gasteiger charge is 2.26. The van der Waals surface area contributed by atoms with E-state index in [9.17, 15) is 9.90 Å². The third-order valence-electron chi connectivity index (χ3n) is 4.57. The van der Waals surface area contributed by atoms with E-state index in [1.165, 1.54) is 0 Å². The van der Waals surface area contributed by atoms with Crippen LogP contribution < -0.4 is 0 Å². The van der Waals surface area contributed by atoms with E-state index in [1.807, 2.05) is 48.0 Å². The molecule has 3 aromatic rings. The summed E-state index contributed by atoms with van der Waals surface area (Å²) in [6.45, 7) is 3.51. The Bertz CT molecular complexity index is 917. The maximum absolute atomic E-state index is 12.8. The molecule has 26 heavy (non-hydrogen) atoms. The van der Waals surface area contributed by atoms with Crippen LogP contribution in [0, 0.1) is 0 Å². The summed E-state index contributed by atoms with van der Waals surface area (Å²) in [7, 11) is 0. The quantitative estimate of drug-likeness (QED) is 0.770. The van der Waals surface area contributed by atoms with Crippen molar-refractivity contribution in [3.05, 3.63) is 59.7 Å². The molecule has 0 radical (unpaired) electrons. The molecule has 1 aliphatic heterocycles. The second-order valence-corrected chi connectivity index (χ2v) is 6.32. The van der Waals surface area contributed by atoms with Crippen molar-refractivity contribution in [3.63, 3.8) is 0 Å². The molecule has 3 heterocycles. The van der Waals surface area contributed by atoms with Gasteiger partial charge in [0.2, 0.25) is 0 Å². The Morgan fingerprint density at radius 3 is 2.85 bits per heavy atom. The van der Waals surface area contributed by atoms with E-state index in [0.29, 0.717) is 37.4 Å². The average Bonchev–Trinajstić information content (AvgIpc) is 3.34. The summed E-state index contributed by atoms with van der Waals surface area (Å²) in [5.74, 6) is -0.155. The van der Waals surface area contributed by atoms with Crippen molar-refractivity contribution in [2.75, 3.05) is 6.54 Å². The molecular weight excluding hydrogens is 332 g/mol. The summed E-state index contributed by atoms with van der Waals surface area (Å²) in [5.41, 5.74) is 2.75. The Labute approximate surface area is 150 Å². The van der Waals surface area contributed by atoms with E-state index >= 15 is 0 Å². The van der Waals surface area contributed by atoms with Gasteiger partial charge in [0.15, 0.2) is 5.69 Å². The van der Waals surface area contributed by atoms with E-state index in [0.717, 1.165) is 11.4 Å². The number of amides is 1. The van der Waals surface area contributed by atoms with Crippen LogP contribution in [-0.2, 0) is 13.1 Å². The van der Waals surface area contributed by atoms with Gasteiger partial charge in [0.1, 0.15) is 0 Å². The number of carbonyl (C=O) groups is 1. The number of rotatable bonds is 4. The summed E-state index contributed by atoms with van der Waals surface area (Å²) < 4.78 is 3.45. The number of aromatic nitrogens is 5. The molecular formula is C18H20N6O2. The first-order valence-electron chi connectivity index (χ1n) is 8.67. The highest BCUT2D eigenvalue weighted by atomic mass is 16.3. The first-order chi connectivity index (χ1) is 12.7. The molecule has 8 heteroatoms. The summed E-state index contributed by atoms with van der Waals surface area (Å²) >= 11 is 0. The third kappa shape index (κ3) is 2.99. The van der Waals surface area contributed by atoms with Crippen molar-refractivity contribution in [3.8, 4) is 5.69 Å². The third-order valence-corrected chi connectivity index (χ3v) is 4.57. The van der Waals surface area contributed by atoms with Gasteiger partial charge in [-0.2, -0.15) is 5.10 Å². The van der Waals surface area contributed by atoms with Gasteiger partial charge in [-0.05, 0) is 24.6 Å². The van der Waals surface area contributed by atoms with Crippen LogP contribution in [0.3, 0.4) is 0 Å². The minimum Gasteiger partial charge on any atom is -0.387 e. The molecule has 1 N–H and O–H groups in total. The molecule has 1 atom stereocenters. The number of para-hydroxylation sites is 1. The van der Waals surface area contributed by atoms with Crippen molar-refractivity contribution >= 4 is 5.91 Å². The number of aliphatic hydroxyl groups is 1. The van der Waals surface area contributed by atoms with Gasteiger partial charge in [-0.15, -0.1) is 5.10 Å². The number of aliphatic hydroxyl groups excluding tert-OH is 1. The van der Waals surface area contributed by atoms with Crippen LogP contribution >= 0.6 is 0 Å². The number of nitrogens with zero attached hydrogens (tertiary/aromatic N) is 6. The number of hydrogen-bond donors (Lipinski definition) is 1. The molecule has 134 valence electrons. The lowest BCUT2D eigenvalue weighted by Gasteiger charge is -2.26. The average molecular weight is 352 g/mol.